The fraction of sp³-hybridized carbons (Fsp3) is 0.333. The van der Waals surface area contributed by atoms with E-state index in [1.807, 2.05) is 0 Å². The van der Waals surface area contributed by atoms with Crippen LogP contribution in [0.25, 0.3) is 11.1 Å². The highest BCUT2D eigenvalue weighted by Gasteiger charge is 2.46. The zero-order valence-corrected chi connectivity index (χ0v) is 12.5. The molecule has 0 spiro atoms. The molecular formula is C15H16N2O5. The number of aromatic nitrogens is 1. The summed E-state index contributed by atoms with van der Waals surface area (Å²) in [6, 6.07) is 3.23. The second kappa shape index (κ2) is 5.69. The summed E-state index contributed by atoms with van der Waals surface area (Å²) in [6.07, 6.45) is 2.67. The van der Waals surface area contributed by atoms with Gasteiger partial charge in [0.05, 0.1) is 5.56 Å². The van der Waals surface area contributed by atoms with Crippen LogP contribution < -0.4 is 5.73 Å². The van der Waals surface area contributed by atoms with Gasteiger partial charge in [-0.25, -0.2) is 4.98 Å². The highest BCUT2D eigenvalue weighted by molar-refractivity contribution is 6.41. The van der Waals surface area contributed by atoms with Crippen LogP contribution in [0, 0.1) is 5.92 Å². The molecular weight excluding hydrogens is 288 g/mol. The maximum Gasteiger partial charge on any atom is 0.305 e. The van der Waals surface area contributed by atoms with Crippen molar-refractivity contribution in [3.63, 3.8) is 0 Å². The Hall–Kier alpha value is -2.54. The molecule has 2 heterocycles. The molecule has 0 radical (unpaired) electrons. The van der Waals surface area contributed by atoms with Crippen LogP contribution in [0.2, 0.25) is 0 Å². The van der Waals surface area contributed by atoms with E-state index in [0.29, 0.717) is 5.39 Å². The molecule has 0 fully saturated rings. The fourth-order valence-corrected chi connectivity index (χ4v) is 2.05. The summed E-state index contributed by atoms with van der Waals surface area (Å²) < 4.78 is 10.2. The van der Waals surface area contributed by atoms with Gasteiger partial charge in [-0.05, 0) is 12.1 Å². The van der Waals surface area contributed by atoms with Crippen molar-refractivity contribution in [3.8, 4) is 0 Å². The number of nitrogens with zero attached hydrogens (tertiary/aromatic N) is 1. The van der Waals surface area contributed by atoms with Gasteiger partial charge in [-0.15, -0.1) is 0 Å². The smallest absolute Gasteiger partial charge is 0.305 e. The molecule has 1 unspecified atom stereocenters. The molecule has 2 N–H and O–H groups in total. The summed E-state index contributed by atoms with van der Waals surface area (Å²) >= 11 is 0. The van der Waals surface area contributed by atoms with Crippen molar-refractivity contribution in [1.29, 1.82) is 0 Å². The minimum Gasteiger partial charge on any atom is -0.446 e. The Balaban J connectivity index is 2.61. The lowest BCUT2D eigenvalue weighted by Gasteiger charge is -2.26. The van der Waals surface area contributed by atoms with Gasteiger partial charge in [0.1, 0.15) is 6.26 Å². The van der Waals surface area contributed by atoms with E-state index >= 15 is 0 Å². The van der Waals surface area contributed by atoms with Crippen molar-refractivity contribution < 1.29 is 23.5 Å². The molecule has 0 saturated carbocycles. The number of ether oxygens (including phenoxy) is 1. The maximum absolute atomic E-state index is 12.5. The summed E-state index contributed by atoms with van der Waals surface area (Å²) in [7, 11) is 0. The van der Waals surface area contributed by atoms with Gasteiger partial charge < -0.3 is 9.15 Å². The lowest BCUT2D eigenvalue weighted by atomic mass is 9.92. The summed E-state index contributed by atoms with van der Waals surface area (Å²) in [6.45, 7) is 4.22. The monoisotopic (exact) mass is 304 g/mol. The van der Waals surface area contributed by atoms with E-state index in [1.54, 1.807) is 26.0 Å². The normalized spacial score (nSPS) is 13.9. The van der Waals surface area contributed by atoms with E-state index in [0.717, 1.165) is 6.92 Å². The average molecular weight is 304 g/mol. The van der Waals surface area contributed by atoms with Gasteiger partial charge in [0.2, 0.25) is 11.5 Å². The molecule has 2 aromatic heterocycles. The van der Waals surface area contributed by atoms with Crippen LogP contribution in [0.1, 0.15) is 26.3 Å². The molecule has 116 valence electrons. The van der Waals surface area contributed by atoms with E-state index in [1.165, 1.54) is 12.5 Å². The van der Waals surface area contributed by atoms with Gasteiger partial charge in [-0.2, -0.15) is 0 Å². The first-order valence-electron chi connectivity index (χ1n) is 6.67. The third-order valence-electron chi connectivity index (χ3n) is 3.14. The number of Topliss-reactive ketones (excluding diaryl/α,β-unsaturated/α-hetero) is 2. The SMILES string of the molecule is CC(=O)OC(N)(C(=O)C(=O)C(C)C)c1coc2ncccc12. The summed E-state index contributed by atoms with van der Waals surface area (Å²) in [5.74, 6) is -3.11. The molecule has 22 heavy (non-hydrogen) atoms. The molecule has 0 aliphatic rings. The molecule has 7 nitrogen and oxygen atoms in total. The second-order valence-corrected chi connectivity index (χ2v) is 5.18. The van der Waals surface area contributed by atoms with Crippen LogP contribution in [-0.2, 0) is 24.8 Å². The Morgan fingerprint density at radius 1 is 1.36 bits per heavy atom. The van der Waals surface area contributed by atoms with Crippen molar-refractivity contribution in [3.05, 3.63) is 30.2 Å². The quantitative estimate of drug-likeness (QED) is 0.503. The Morgan fingerprint density at radius 3 is 2.64 bits per heavy atom. The molecule has 0 saturated heterocycles. The summed E-state index contributed by atoms with van der Waals surface area (Å²) in [5, 5.41) is 0.399. The number of ketones is 2. The van der Waals surface area contributed by atoms with Gasteiger partial charge in [0.25, 0.3) is 11.5 Å². The van der Waals surface area contributed by atoms with Crippen LogP contribution in [0.15, 0.2) is 29.0 Å². The first-order chi connectivity index (χ1) is 10.3. The van der Waals surface area contributed by atoms with Gasteiger partial charge in [-0.3, -0.25) is 20.1 Å². The fourth-order valence-electron chi connectivity index (χ4n) is 2.05. The highest BCUT2D eigenvalue weighted by atomic mass is 16.6. The summed E-state index contributed by atoms with van der Waals surface area (Å²) in [5.41, 5.74) is 4.09. The standard InChI is InChI=1S/C15H16N2O5/c1-8(2)12(19)13(20)15(16,22-9(3)18)11-7-21-14-10(11)5-4-6-17-14/h4-8H,16H2,1-3H3. The lowest BCUT2D eigenvalue weighted by molar-refractivity contribution is -0.169. The predicted octanol–water partition coefficient (Wildman–Crippen LogP) is 1.30. The molecule has 0 aliphatic carbocycles. The highest BCUT2D eigenvalue weighted by Crippen LogP contribution is 2.30. The number of hydrogen-bond acceptors (Lipinski definition) is 7. The Kier molecular flexibility index (Phi) is 4.09. The van der Waals surface area contributed by atoms with Gasteiger partial charge >= 0.3 is 5.97 Å². The largest absolute Gasteiger partial charge is 0.446 e. The van der Waals surface area contributed by atoms with Crippen LogP contribution >= 0.6 is 0 Å². The minimum absolute atomic E-state index is 0.0878. The Bertz CT molecular complexity index is 749. The van der Waals surface area contributed by atoms with Crippen LogP contribution in [0.4, 0.5) is 0 Å². The van der Waals surface area contributed by atoms with Gasteiger partial charge in [0, 0.05) is 24.4 Å². The third-order valence-corrected chi connectivity index (χ3v) is 3.14. The van der Waals surface area contributed by atoms with Crippen molar-refractivity contribution in [2.45, 2.75) is 26.5 Å². The lowest BCUT2D eigenvalue weighted by Crippen LogP contribution is -2.52. The van der Waals surface area contributed by atoms with Gasteiger partial charge in [-0.1, -0.05) is 13.8 Å². The van der Waals surface area contributed by atoms with E-state index < -0.39 is 29.2 Å². The topological polar surface area (TPSA) is 112 Å². The molecule has 0 aliphatic heterocycles. The number of fused-ring (bicyclic) bond motifs is 1. The van der Waals surface area contributed by atoms with Crippen LogP contribution in [0.3, 0.4) is 0 Å². The van der Waals surface area contributed by atoms with Crippen molar-refractivity contribution in [1.82, 2.24) is 4.98 Å². The van der Waals surface area contributed by atoms with Crippen molar-refractivity contribution in [2.75, 3.05) is 0 Å². The molecule has 0 aromatic carbocycles. The molecule has 7 heteroatoms. The zero-order valence-electron chi connectivity index (χ0n) is 12.5. The second-order valence-electron chi connectivity index (χ2n) is 5.18. The molecule has 0 amide bonds. The van der Waals surface area contributed by atoms with E-state index in [2.05, 4.69) is 4.98 Å². The molecule has 2 rings (SSSR count). The first kappa shape index (κ1) is 15.8. The number of rotatable bonds is 5. The Labute approximate surface area is 126 Å². The first-order valence-corrected chi connectivity index (χ1v) is 6.67. The predicted molar refractivity (Wildman–Crippen MR) is 76.5 cm³/mol. The number of hydrogen-bond donors (Lipinski definition) is 1. The van der Waals surface area contributed by atoms with Crippen LogP contribution in [0.5, 0.6) is 0 Å². The number of carbonyl (C=O) groups excluding carboxylic acids is 3. The minimum atomic E-state index is -2.23. The van der Waals surface area contributed by atoms with E-state index in [9.17, 15) is 14.4 Å². The number of esters is 1. The third kappa shape index (κ3) is 2.62. The molecule has 1 atom stereocenters. The Morgan fingerprint density at radius 2 is 2.05 bits per heavy atom. The average Bonchev–Trinajstić information content (AvgIpc) is 2.89. The molecule has 2 aromatic rings. The van der Waals surface area contributed by atoms with Crippen molar-refractivity contribution in [2.24, 2.45) is 11.7 Å². The maximum atomic E-state index is 12.5. The number of furan rings is 1. The number of nitrogens with two attached hydrogens (primary N) is 1. The van der Waals surface area contributed by atoms with Gasteiger partial charge in [0.15, 0.2) is 0 Å². The summed E-state index contributed by atoms with van der Waals surface area (Å²) in [4.78, 5) is 39.9. The van der Waals surface area contributed by atoms with E-state index in [-0.39, 0.29) is 11.3 Å². The molecule has 0 bridgehead atoms. The number of carbonyl (C=O) groups is 3. The van der Waals surface area contributed by atoms with Crippen molar-refractivity contribution >= 4 is 28.6 Å². The zero-order chi connectivity index (χ0) is 16.5. The number of pyridine rings is 1. The van der Waals surface area contributed by atoms with E-state index in [4.69, 9.17) is 14.9 Å². The van der Waals surface area contributed by atoms with Crippen LogP contribution in [-0.4, -0.2) is 22.5 Å².